The zero-order valence-electron chi connectivity index (χ0n) is 18.7. The number of hydrogen-bond acceptors (Lipinski definition) is 4. The fraction of sp³-hybridized carbons (Fsp3) is 0.240. The zero-order valence-corrected chi connectivity index (χ0v) is 19.5. The maximum atomic E-state index is 13.2. The molecule has 2 N–H and O–H groups in total. The maximum absolute atomic E-state index is 13.2. The highest BCUT2D eigenvalue weighted by molar-refractivity contribution is 7.89. The summed E-state index contributed by atoms with van der Waals surface area (Å²) in [6.07, 6.45) is 0.164. The van der Waals surface area contributed by atoms with Gasteiger partial charge in [-0.2, -0.15) is 4.72 Å². The Labute approximate surface area is 193 Å². The monoisotopic (exact) mass is 470 g/mol. The number of rotatable bonds is 9. The highest BCUT2D eigenvalue weighted by atomic mass is 32.2. The molecule has 6 nitrogen and oxygen atoms in total. The minimum Gasteiger partial charge on any atom is -0.496 e. The van der Waals surface area contributed by atoms with Gasteiger partial charge in [-0.15, -0.1) is 0 Å². The fourth-order valence-corrected chi connectivity index (χ4v) is 4.74. The van der Waals surface area contributed by atoms with E-state index in [2.05, 4.69) is 10.0 Å². The molecule has 0 fully saturated rings. The lowest BCUT2D eigenvalue weighted by molar-refractivity contribution is -0.123. The largest absolute Gasteiger partial charge is 0.496 e. The summed E-state index contributed by atoms with van der Waals surface area (Å²) >= 11 is 0. The van der Waals surface area contributed by atoms with Crippen molar-refractivity contribution in [1.82, 2.24) is 10.0 Å². The minimum absolute atomic E-state index is 0.0400. The smallest absolute Gasteiger partial charge is 0.241 e. The Kier molecular flexibility index (Phi) is 7.84. The number of amides is 1. The first-order valence-corrected chi connectivity index (χ1v) is 11.9. The molecule has 2 unspecified atom stereocenters. The average molecular weight is 471 g/mol. The summed E-state index contributed by atoms with van der Waals surface area (Å²) in [6, 6.07) is 18.0. The summed E-state index contributed by atoms with van der Waals surface area (Å²) in [5.41, 5.74) is 2.17. The van der Waals surface area contributed by atoms with E-state index in [1.54, 1.807) is 32.0 Å². The van der Waals surface area contributed by atoms with Crippen LogP contribution in [-0.2, 0) is 21.2 Å². The SMILES string of the molecule is COc1ccc(S(=O)(=O)NC(Cc2ccccc2)C(=O)NC(C)c2ccc(F)cc2)cc1C. The molecule has 1 amide bonds. The minimum atomic E-state index is -3.99. The molecular formula is C25H27FN2O4S. The van der Waals surface area contributed by atoms with E-state index in [0.717, 1.165) is 5.56 Å². The van der Waals surface area contributed by atoms with Crippen LogP contribution in [0.4, 0.5) is 4.39 Å². The third-order valence-corrected chi connectivity index (χ3v) is 6.77. The van der Waals surface area contributed by atoms with E-state index in [1.165, 1.54) is 31.4 Å². The van der Waals surface area contributed by atoms with Crippen molar-refractivity contribution >= 4 is 15.9 Å². The van der Waals surface area contributed by atoms with Gasteiger partial charge in [0.25, 0.3) is 0 Å². The number of nitrogens with one attached hydrogen (secondary N) is 2. The van der Waals surface area contributed by atoms with Crippen LogP contribution in [-0.4, -0.2) is 27.5 Å². The van der Waals surface area contributed by atoms with Crippen molar-refractivity contribution in [2.75, 3.05) is 7.11 Å². The van der Waals surface area contributed by atoms with E-state index < -0.39 is 28.0 Å². The highest BCUT2D eigenvalue weighted by Crippen LogP contribution is 2.22. The number of sulfonamides is 1. The van der Waals surface area contributed by atoms with Gasteiger partial charge >= 0.3 is 0 Å². The van der Waals surface area contributed by atoms with Crippen LogP contribution < -0.4 is 14.8 Å². The van der Waals surface area contributed by atoms with Crippen LogP contribution in [0, 0.1) is 12.7 Å². The molecule has 174 valence electrons. The summed E-state index contributed by atoms with van der Waals surface area (Å²) in [7, 11) is -2.48. The molecule has 0 spiro atoms. The quantitative estimate of drug-likeness (QED) is 0.497. The van der Waals surface area contributed by atoms with Gasteiger partial charge in [-0.05, 0) is 67.3 Å². The summed E-state index contributed by atoms with van der Waals surface area (Å²) in [6.45, 7) is 3.50. The predicted molar refractivity (Wildman–Crippen MR) is 125 cm³/mol. The number of hydrogen-bond donors (Lipinski definition) is 2. The maximum Gasteiger partial charge on any atom is 0.241 e. The van der Waals surface area contributed by atoms with Crippen molar-refractivity contribution in [3.63, 3.8) is 0 Å². The van der Waals surface area contributed by atoms with Crippen LogP contribution in [0.3, 0.4) is 0 Å². The van der Waals surface area contributed by atoms with Gasteiger partial charge in [-0.3, -0.25) is 4.79 Å². The van der Waals surface area contributed by atoms with E-state index in [1.807, 2.05) is 30.3 Å². The molecule has 0 saturated carbocycles. The Morgan fingerprint density at radius 3 is 2.30 bits per heavy atom. The van der Waals surface area contributed by atoms with E-state index in [-0.39, 0.29) is 17.1 Å². The van der Waals surface area contributed by atoms with Gasteiger partial charge in [0.15, 0.2) is 0 Å². The van der Waals surface area contributed by atoms with E-state index in [4.69, 9.17) is 4.74 Å². The first-order valence-electron chi connectivity index (χ1n) is 10.5. The number of halogens is 1. The number of carbonyl (C=O) groups excluding carboxylic acids is 1. The number of carbonyl (C=O) groups is 1. The molecule has 0 bridgehead atoms. The normalized spacial score (nSPS) is 13.2. The van der Waals surface area contributed by atoms with Crippen LogP contribution in [0.5, 0.6) is 5.75 Å². The molecule has 3 aromatic carbocycles. The molecule has 8 heteroatoms. The van der Waals surface area contributed by atoms with E-state index in [0.29, 0.717) is 16.9 Å². The number of methoxy groups -OCH3 is 1. The van der Waals surface area contributed by atoms with Gasteiger partial charge < -0.3 is 10.1 Å². The van der Waals surface area contributed by atoms with Crippen LogP contribution in [0.25, 0.3) is 0 Å². The Hall–Kier alpha value is -3.23. The summed E-state index contributed by atoms with van der Waals surface area (Å²) in [5, 5.41) is 2.83. The predicted octanol–water partition coefficient (Wildman–Crippen LogP) is 3.91. The molecule has 0 aliphatic rings. The molecule has 0 saturated heterocycles. The van der Waals surface area contributed by atoms with E-state index >= 15 is 0 Å². The Morgan fingerprint density at radius 2 is 1.70 bits per heavy atom. The second kappa shape index (κ2) is 10.6. The number of benzene rings is 3. The van der Waals surface area contributed by atoms with Crippen LogP contribution in [0.2, 0.25) is 0 Å². The van der Waals surface area contributed by atoms with Gasteiger partial charge in [0, 0.05) is 0 Å². The molecule has 0 aromatic heterocycles. The molecule has 0 aliphatic heterocycles. The molecule has 0 heterocycles. The van der Waals surface area contributed by atoms with Gasteiger partial charge in [0.1, 0.15) is 17.6 Å². The van der Waals surface area contributed by atoms with Crippen molar-refractivity contribution in [3.8, 4) is 5.75 Å². The molecule has 3 rings (SSSR count). The molecule has 33 heavy (non-hydrogen) atoms. The molecule has 0 aliphatic carbocycles. The molecule has 3 aromatic rings. The first kappa shape index (κ1) is 24.4. The van der Waals surface area contributed by atoms with Crippen LogP contribution in [0.15, 0.2) is 77.7 Å². The van der Waals surface area contributed by atoms with Crippen molar-refractivity contribution in [2.24, 2.45) is 0 Å². The van der Waals surface area contributed by atoms with Crippen molar-refractivity contribution in [3.05, 3.63) is 95.3 Å². The van der Waals surface area contributed by atoms with Gasteiger partial charge in [0.2, 0.25) is 15.9 Å². The number of ether oxygens (including phenoxy) is 1. The van der Waals surface area contributed by atoms with Gasteiger partial charge in [0.05, 0.1) is 18.0 Å². The van der Waals surface area contributed by atoms with Crippen molar-refractivity contribution in [2.45, 2.75) is 37.2 Å². The van der Waals surface area contributed by atoms with Crippen LogP contribution >= 0.6 is 0 Å². The lowest BCUT2D eigenvalue weighted by atomic mass is 10.0. The van der Waals surface area contributed by atoms with Crippen molar-refractivity contribution in [1.29, 1.82) is 0 Å². The highest BCUT2D eigenvalue weighted by Gasteiger charge is 2.27. The standard InChI is InChI=1S/C25H27FN2O4S/c1-17-15-22(13-14-24(17)32-3)33(30,31)28-23(16-19-7-5-4-6-8-19)25(29)27-18(2)20-9-11-21(26)12-10-20/h4-15,18,23,28H,16H2,1-3H3,(H,27,29). The van der Waals surface area contributed by atoms with Crippen LogP contribution in [0.1, 0.15) is 29.7 Å². The second-order valence-electron chi connectivity index (χ2n) is 7.78. The lowest BCUT2D eigenvalue weighted by Gasteiger charge is -2.22. The summed E-state index contributed by atoms with van der Waals surface area (Å²) in [4.78, 5) is 13.2. The third kappa shape index (κ3) is 6.40. The Bertz CT molecular complexity index is 1200. The summed E-state index contributed by atoms with van der Waals surface area (Å²) < 4.78 is 47.2. The lowest BCUT2D eigenvalue weighted by Crippen LogP contribution is -2.48. The van der Waals surface area contributed by atoms with Gasteiger partial charge in [-0.1, -0.05) is 42.5 Å². The molecule has 0 radical (unpaired) electrons. The number of aryl methyl sites for hydroxylation is 1. The molecular weight excluding hydrogens is 443 g/mol. The van der Waals surface area contributed by atoms with Crippen molar-refractivity contribution < 1.29 is 22.3 Å². The Morgan fingerprint density at radius 1 is 1.03 bits per heavy atom. The molecule has 2 atom stereocenters. The second-order valence-corrected chi connectivity index (χ2v) is 9.49. The topological polar surface area (TPSA) is 84.5 Å². The zero-order chi connectivity index (χ0) is 24.0. The Balaban J connectivity index is 1.84. The average Bonchev–Trinajstić information content (AvgIpc) is 2.79. The van der Waals surface area contributed by atoms with E-state index in [9.17, 15) is 17.6 Å². The van der Waals surface area contributed by atoms with Gasteiger partial charge in [-0.25, -0.2) is 12.8 Å². The summed E-state index contributed by atoms with van der Waals surface area (Å²) in [5.74, 6) is -0.285. The fourth-order valence-electron chi connectivity index (χ4n) is 3.46. The third-order valence-electron chi connectivity index (χ3n) is 5.30. The first-order chi connectivity index (χ1) is 15.7.